The van der Waals surface area contributed by atoms with Crippen LogP contribution in [0.1, 0.15) is 29.9 Å². The lowest BCUT2D eigenvalue weighted by Crippen LogP contribution is -2.16. The highest BCUT2D eigenvalue weighted by molar-refractivity contribution is 7.90. The van der Waals surface area contributed by atoms with Gasteiger partial charge >= 0.3 is 0 Å². The Morgan fingerprint density at radius 1 is 1.03 bits per heavy atom. The van der Waals surface area contributed by atoms with E-state index in [2.05, 4.69) is 10.1 Å². The third kappa shape index (κ3) is 4.11. The SMILES string of the molecule is Cc1ccc(S(=O)(=O)n2[nH]c(=O)c3cc4c(-c5ccc(F)cc5)c(C5CCOCC5)c(Cl)nc4cc32)cc1. The molecule has 6 rings (SSSR count). The number of aromatic amines is 1. The van der Waals surface area contributed by atoms with Crippen molar-refractivity contribution < 1.29 is 17.5 Å². The number of hydrogen-bond donors (Lipinski definition) is 1. The molecule has 0 radical (unpaired) electrons. The average Bonchev–Trinajstić information content (AvgIpc) is 3.24. The number of halogens is 2. The van der Waals surface area contributed by atoms with Crippen LogP contribution in [0, 0.1) is 12.7 Å². The quantitative estimate of drug-likeness (QED) is 0.286. The van der Waals surface area contributed by atoms with E-state index in [1.54, 1.807) is 36.4 Å². The molecule has 7 nitrogen and oxygen atoms in total. The van der Waals surface area contributed by atoms with E-state index in [0.717, 1.165) is 39.2 Å². The Bertz CT molecular complexity index is 1860. The molecule has 1 N–H and O–H groups in total. The number of pyridine rings is 1. The Hall–Kier alpha value is -3.53. The Morgan fingerprint density at radius 3 is 2.39 bits per heavy atom. The molecule has 0 atom stereocenters. The lowest BCUT2D eigenvalue weighted by molar-refractivity contribution is 0.0854. The van der Waals surface area contributed by atoms with Crippen molar-refractivity contribution in [2.75, 3.05) is 13.2 Å². The molecule has 3 aromatic carbocycles. The molecule has 0 saturated carbocycles. The van der Waals surface area contributed by atoms with Gasteiger partial charge < -0.3 is 4.74 Å². The van der Waals surface area contributed by atoms with Crippen LogP contribution < -0.4 is 5.56 Å². The maximum Gasteiger partial charge on any atom is 0.281 e. The van der Waals surface area contributed by atoms with Crippen LogP contribution in [-0.4, -0.2) is 35.8 Å². The molecule has 1 aliphatic rings. The van der Waals surface area contributed by atoms with Gasteiger partial charge in [-0.25, -0.2) is 14.5 Å². The zero-order valence-electron chi connectivity index (χ0n) is 20.4. The van der Waals surface area contributed by atoms with Crippen molar-refractivity contribution >= 4 is 43.4 Å². The smallest absolute Gasteiger partial charge is 0.281 e. The molecule has 1 fully saturated rings. The van der Waals surface area contributed by atoms with Gasteiger partial charge in [-0.2, -0.15) is 12.5 Å². The summed E-state index contributed by atoms with van der Waals surface area (Å²) in [5, 5.41) is 3.60. The molecule has 194 valence electrons. The third-order valence-electron chi connectivity index (χ3n) is 7.08. The molecule has 0 amide bonds. The first-order valence-electron chi connectivity index (χ1n) is 12.2. The number of H-pyrrole nitrogens is 1. The highest BCUT2D eigenvalue weighted by Crippen LogP contribution is 2.43. The number of aryl methyl sites for hydroxylation is 1. The topological polar surface area (TPSA) is 94.1 Å². The highest BCUT2D eigenvalue weighted by Gasteiger charge is 2.27. The number of aromatic nitrogens is 3. The van der Waals surface area contributed by atoms with Gasteiger partial charge in [-0.1, -0.05) is 41.4 Å². The summed E-state index contributed by atoms with van der Waals surface area (Å²) < 4.78 is 47.2. The second-order valence-corrected chi connectivity index (χ2v) is 11.6. The summed E-state index contributed by atoms with van der Waals surface area (Å²) in [6.45, 7) is 3.03. The first-order valence-corrected chi connectivity index (χ1v) is 14.0. The number of hydrogen-bond acceptors (Lipinski definition) is 5. The lowest BCUT2D eigenvalue weighted by Gasteiger charge is -2.26. The molecule has 1 aliphatic heterocycles. The van der Waals surface area contributed by atoms with Crippen molar-refractivity contribution in [3.63, 3.8) is 0 Å². The molecule has 3 heterocycles. The van der Waals surface area contributed by atoms with E-state index in [9.17, 15) is 17.6 Å². The molecule has 10 heteroatoms. The Morgan fingerprint density at radius 2 is 1.71 bits per heavy atom. The van der Waals surface area contributed by atoms with Crippen LogP contribution in [0.25, 0.3) is 32.9 Å². The fourth-order valence-electron chi connectivity index (χ4n) is 5.14. The van der Waals surface area contributed by atoms with E-state index in [4.69, 9.17) is 16.3 Å². The van der Waals surface area contributed by atoms with Gasteiger partial charge in [-0.3, -0.25) is 4.79 Å². The largest absolute Gasteiger partial charge is 0.381 e. The summed E-state index contributed by atoms with van der Waals surface area (Å²) in [4.78, 5) is 17.8. The van der Waals surface area contributed by atoms with Gasteiger partial charge in [-0.05, 0) is 73.2 Å². The second kappa shape index (κ2) is 9.34. The van der Waals surface area contributed by atoms with Gasteiger partial charge in [0.2, 0.25) is 0 Å². The molecule has 0 bridgehead atoms. The lowest BCUT2D eigenvalue weighted by atomic mass is 9.85. The minimum absolute atomic E-state index is 0.0456. The standard InChI is InChI=1S/C28H23ClFN3O4S/c1-16-2-8-20(9-3-16)38(35,36)33-24-15-23-21(14-22(24)28(34)32-33)25(17-4-6-19(30)7-5-17)26(27(29)31-23)18-10-12-37-13-11-18/h2-9,14-15,18H,10-13H2,1H3,(H,32,34). The normalized spacial score (nSPS) is 14.9. The zero-order chi connectivity index (χ0) is 26.6. The predicted molar refractivity (Wildman–Crippen MR) is 145 cm³/mol. The molecule has 1 saturated heterocycles. The maximum absolute atomic E-state index is 13.8. The first-order chi connectivity index (χ1) is 18.2. The van der Waals surface area contributed by atoms with Crippen molar-refractivity contribution in [1.82, 2.24) is 14.2 Å². The van der Waals surface area contributed by atoms with E-state index in [1.807, 2.05) is 6.92 Å². The number of rotatable bonds is 4. The highest BCUT2D eigenvalue weighted by atomic mass is 35.5. The summed E-state index contributed by atoms with van der Waals surface area (Å²) in [7, 11) is -4.09. The first kappa shape index (κ1) is 24.8. The number of nitrogens with zero attached hydrogens (tertiary/aromatic N) is 2. The van der Waals surface area contributed by atoms with Crippen molar-refractivity contribution in [3.8, 4) is 11.1 Å². The van der Waals surface area contributed by atoms with E-state index in [1.165, 1.54) is 24.3 Å². The summed E-state index contributed by atoms with van der Waals surface area (Å²) in [6, 6.07) is 15.7. The molecule has 5 aromatic rings. The van der Waals surface area contributed by atoms with E-state index < -0.39 is 15.6 Å². The Balaban J connectivity index is 1.65. The van der Waals surface area contributed by atoms with Crippen molar-refractivity contribution in [3.05, 3.63) is 93.1 Å². The van der Waals surface area contributed by atoms with E-state index in [-0.39, 0.29) is 32.7 Å². The second-order valence-electron chi connectivity index (χ2n) is 9.49. The number of fused-ring (bicyclic) bond motifs is 2. The summed E-state index contributed by atoms with van der Waals surface area (Å²) in [5.41, 5.74) is 3.24. The molecule has 0 unspecified atom stereocenters. The summed E-state index contributed by atoms with van der Waals surface area (Å²) in [6.07, 6.45) is 1.49. The summed E-state index contributed by atoms with van der Waals surface area (Å²) in [5.74, 6) is -0.309. The minimum atomic E-state index is -4.09. The fourth-order valence-corrected chi connectivity index (χ4v) is 6.78. The molecule has 38 heavy (non-hydrogen) atoms. The number of nitrogens with one attached hydrogen (secondary N) is 1. The predicted octanol–water partition coefficient (Wildman–Crippen LogP) is 5.78. The van der Waals surface area contributed by atoms with Gasteiger partial charge in [0.25, 0.3) is 15.6 Å². The van der Waals surface area contributed by atoms with Crippen molar-refractivity contribution in [1.29, 1.82) is 0 Å². The van der Waals surface area contributed by atoms with Crippen LogP contribution in [0.2, 0.25) is 5.15 Å². The van der Waals surface area contributed by atoms with E-state index in [0.29, 0.717) is 24.1 Å². The molecular formula is C28H23ClFN3O4S. The van der Waals surface area contributed by atoms with Crippen LogP contribution in [0.3, 0.4) is 0 Å². The van der Waals surface area contributed by atoms with Crippen molar-refractivity contribution in [2.24, 2.45) is 0 Å². The van der Waals surface area contributed by atoms with Crippen LogP contribution >= 0.6 is 11.6 Å². The van der Waals surface area contributed by atoms with Gasteiger partial charge in [0.15, 0.2) is 0 Å². The Labute approximate surface area is 222 Å². The van der Waals surface area contributed by atoms with E-state index >= 15 is 0 Å². The molecule has 2 aromatic heterocycles. The summed E-state index contributed by atoms with van der Waals surface area (Å²) >= 11 is 6.80. The van der Waals surface area contributed by atoms with Crippen LogP contribution in [0.15, 0.2) is 70.4 Å². The Kier molecular flexibility index (Phi) is 6.09. The monoisotopic (exact) mass is 551 g/mol. The zero-order valence-corrected chi connectivity index (χ0v) is 21.9. The molecular weight excluding hydrogens is 529 g/mol. The number of ether oxygens (including phenoxy) is 1. The molecule has 0 spiro atoms. The minimum Gasteiger partial charge on any atom is -0.381 e. The van der Waals surface area contributed by atoms with Crippen molar-refractivity contribution in [2.45, 2.75) is 30.6 Å². The van der Waals surface area contributed by atoms with Crippen LogP contribution in [-0.2, 0) is 14.8 Å². The van der Waals surface area contributed by atoms with Gasteiger partial charge in [0.05, 0.1) is 21.3 Å². The van der Waals surface area contributed by atoms with Gasteiger partial charge in [-0.15, -0.1) is 0 Å². The third-order valence-corrected chi connectivity index (χ3v) is 9.01. The number of benzene rings is 3. The van der Waals surface area contributed by atoms with Crippen LogP contribution in [0.4, 0.5) is 4.39 Å². The maximum atomic E-state index is 13.8. The van der Waals surface area contributed by atoms with Gasteiger partial charge in [0.1, 0.15) is 11.0 Å². The van der Waals surface area contributed by atoms with Gasteiger partial charge in [0, 0.05) is 24.2 Å². The average molecular weight is 552 g/mol. The fraction of sp³-hybridized carbons (Fsp3) is 0.214. The van der Waals surface area contributed by atoms with Crippen LogP contribution in [0.5, 0.6) is 0 Å². The molecule has 0 aliphatic carbocycles.